The van der Waals surface area contributed by atoms with Crippen molar-refractivity contribution in [3.05, 3.63) is 35.9 Å². The number of thioether (sulfide) groups is 1. The fraction of sp³-hybridized carbons (Fsp3) is 0.619. The molecule has 3 rings (SSSR count). The Hall–Kier alpha value is -1.000. The highest BCUT2D eigenvalue weighted by molar-refractivity contribution is 14.0. The lowest BCUT2D eigenvalue weighted by Crippen LogP contribution is -2.52. The third kappa shape index (κ3) is 7.03. The van der Waals surface area contributed by atoms with Crippen molar-refractivity contribution in [2.24, 2.45) is 4.99 Å². The maximum atomic E-state index is 12.0. The maximum absolute atomic E-state index is 12.0. The van der Waals surface area contributed by atoms with Gasteiger partial charge in [0.1, 0.15) is 6.54 Å². The molecule has 1 aromatic rings. The zero-order valence-electron chi connectivity index (χ0n) is 17.5. The summed E-state index contributed by atoms with van der Waals surface area (Å²) < 4.78 is 6.14. The molecule has 1 aromatic carbocycles. The Labute approximate surface area is 195 Å². The van der Waals surface area contributed by atoms with Crippen LogP contribution in [0, 0.1) is 0 Å². The quantitative estimate of drug-likeness (QED) is 0.347. The maximum Gasteiger partial charge on any atom is 0.243 e. The van der Waals surface area contributed by atoms with E-state index >= 15 is 0 Å². The van der Waals surface area contributed by atoms with Gasteiger partial charge in [0.15, 0.2) is 5.96 Å². The van der Waals surface area contributed by atoms with E-state index in [1.807, 2.05) is 30.0 Å². The van der Waals surface area contributed by atoms with E-state index in [-0.39, 0.29) is 48.1 Å². The Morgan fingerprint density at radius 2 is 2.14 bits per heavy atom. The van der Waals surface area contributed by atoms with Gasteiger partial charge in [0.05, 0.1) is 11.6 Å². The molecular weight excluding hydrogens is 499 g/mol. The third-order valence-electron chi connectivity index (χ3n) is 5.42. The van der Waals surface area contributed by atoms with Crippen molar-refractivity contribution in [2.45, 2.75) is 43.9 Å². The average molecular weight is 532 g/mol. The summed E-state index contributed by atoms with van der Waals surface area (Å²) in [6.45, 7) is 3.02. The summed E-state index contributed by atoms with van der Waals surface area (Å²) >= 11 is 1.98. The van der Waals surface area contributed by atoms with Crippen molar-refractivity contribution in [2.75, 3.05) is 38.8 Å². The number of aliphatic imine (C=N–C) groups is 1. The first-order chi connectivity index (χ1) is 13.5. The van der Waals surface area contributed by atoms with Crippen LogP contribution in [0.25, 0.3) is 0 Å². The lowest BCUT2D eigenvalue weighted by Gasteiger charge is -2.38. The van der Waals surface area contributed by atoms with Crippen LogP contribution in [-0.4, -0.2) is 67.2 Å². The van der Waals surface area contributed by atoms with Gasteiger partial charge in [0, 0.05) is 32.5 Å². The molecule has 2 heterocycles. The van der Waals surface area contributed by atoms with Crippen LogP contribution in [0.3, 0.4) is 0 Å². The second-order valence-corrected chi connectivity index (χ2v) is 9.00. The number of hydrogen-bond acceptors (Lipinski definition) is 4. The topological polar surface area (TPSA) is 66.0 Å². The number of rotatable bonds is 5. The number of amides is 1. The van der Waals surface area contributed by atoms with Crippen LogP contribution in [0.15, 0.2) is 35.3 Å². The molecule has 0 bridgehead atoms. The Balaban J connectivity index is 0.00000300. The molecule has 1 spiro atoms. The summed E-state index contributed by atoms with van der Waals surface area (Å²) in [5.74, 6) is 2.93. The smallest absolute Gasteiger partial charge is 0.243 e. The predicted molar refractivity (Wildman–Crippen MR) is 131 cm³/mol. The highest BCUT2D eigenvalue weighted by Gasteiger charge is 2.40. The highest BCUT2D eigenvalue weighted by atomic mass is 127. The minimum atomic E-state index is -0.0101. The minimum absolute atomic E-state index is 0. The van der Waals surface area contributed by atoms with Gasteiger partial charge in [-0.1, -0.05) is 30.3 Å². The second-order valence-electron chi connectivity index (χ2n) is 7.90. The standard InChI is InChI=1S/C21H32N4O2S.HI/c1-16(17-7-5-4-6-8-17)23-20(22-14-19(26)25(2)3)24-18-9-11-27-21(13-18)10-12-28-15-21;/h4-8,16,18H,9-15H2,1-3H3,(H2,22,23,24);1H. The van der Waals surface area contributed by atoms with Crippen LogP contribution in [0.1, 0.15) is 37.8 Å². The van der Waals surface area contributed by atoms with Gasteiger partial charge in [-0.2, -0.15) is 11.8 Å². The van der Waals surface area contributed by atoms with Crippen LogP contribution in [-0.2, 0) is 9.53 Å². The molecule has 0 aromatic heterocycles. The first-order valence-electron chi connectivity index (χ1n) is 10.0. The van der Waals surface area contributed by atoms with Crippen molar-refractivity contribution >= 4 is 47.6 Å². The van der Waals surface area contributed by atoms with Gasteiger partial charge >= 0.3 is 0 Å². The van der Waals surface area contributed by atoms with Crippen LogP contribution in [0.5, 0.6) is 0 Å². The fourth-order valence-corrected chi connectivity index (χ4v) is 5.04. The molecule has 3 atom stereocenters. The van der Waals surface area contributed by atoms with Crippen LogP contribution in [0.4, 0.5) is 0 Å². The van der Waals surface area contributed by atoms with Gasteiger partial charge in [-0.15, -0.1) is 24.0 Å². The predicted octanol–water partition coefficient (Wildman–Crippen LogP) is 3.04. The zero-order valence-corrected chi connectivity index (χ0v) is 20.7. The molecule has 2 aliphatic heterocycles. The fourth-order valence-electron chi connectivity index (χ4n) is 3.66. The number of nitrogens with zero attached hydrogens (tertiary/aromatic N) is 2. The molecule has 29 heavy (non-hydrogen) atoms. The molecule has 162 valence electrons. The van der Waals surface area contributed by atoms with E-state index in [9.17, 15) is 4.79 Å². The molecular formula is C21H33IN4O2S. The number of hydrogen-bond donors (Lipinski definition) is 2. The molecule has 0 aliphatic carbocycles. The molecule has 2 aliphatic rings. The summed E-state index contributed by atoms with van der Waals surface area (Å²) in [6, 6.07) is 10.7. The number of halogens is 1. The first-order valence-corrected chi connectivity index (χ1v) is 11.2. The summed E-state index contributed by atoms with van der Waals surface area (Å²) in [5.41, 5.74) is 1.20. The molecule has 8 heteroatoms. The van der Waals surface area contributed by atoms with Crippen molar-refractivity contribution in [1.82, 2.24) is 15.5 Å². The second kappa shape index (κ2) is 11.4. The van der Waals surface area contributed by atoms with Crippen LogP contribution in [0.2, 0.25) is 0 Å². The van der Waals surface area contributed by atoms with E-state index < -0.39 is 0 Å². The SMILES string of the molecule is CC(NC(=NCC(=O)N(C)C)NC1CCOC2(CCSC2)C1)c1ccccc1.I. The number of benzene rings is 1. The van der Waals surface area contributed by atoms with Gasteiger partial charge < -0.3 is 20.3 Å². The van der Waals surface area contributed by atoms with Gasteiger partial charge in [0.2, 0.25) is 5.91 Å². The number of ether oxygens (including phenoxy) is 1. The molecule has 2 fully saturated rings. The lowest BCUT2D eigenvalue weighted by molar-refractivity contribution is -0.127. The lowest BCUT2D eigenvalue weighted by atomic mass is 9.90. The largest absolute Gasteiger partial charge is 0.374 e. The molecule has 6 nitrogen and oxygen atoms in total. The monoisotopic (exact) mass is 532 g/mol. The van der Waals surface area contributed by atoms with Crippen molar-refractivity contribution in [3.8, 4) is 0 Å². The number of carbonyl (C=O) groups is 1. The van der Waals surface area contributed by atoms with Gasteiger partial charge in [0.25, 0.3) is 0 Å². The number of nitrogens with one attached hydrogen (secondary N) is 2. The molecule has 2 N–H and O–H groups in total. The average Bonchev–Trinajstić information content (AvgIpc) is 3.13. The summed E-state index contributed by atoms with van der Waals surface area (Å²) in [4.78, 5) is 18.2. The molecule has 2 saturated heterocycles. The molecule has 0 radical (unpaired) electrons. The van der Waals surface area contributed by atoms with E-state index in [0.717, 1.165) is 31.6 Å². The Morgan fingerprint density at radius 3 is 2.79 bits per heavy atom. The molecule has 0 saturated carbocycles. The van der Waals surface area contributed by atoms with Crippen molar-refractivity contribution < 1.29 is 9.53 Å². The number of carbonyl (C=O) groups excluding carboxylic acids is 1. The van der Waals surface area contributed by atoms with Gasteiger partial charge in [-0.05, 0) is 37.5 Å². The summed E-state index contributed by atoms with van der Waals surface area (Å²) in [6.07, 6.45) is 3.06. The molecule has 1 amide bonds. The Morgan fingerprint density at radius 1 is 1.38 bits per heavy atom. The highest BCUT2D eigenvalue weighted by Crippen LogP contribution is 2.38. The number of guanidine groups is 1. The van der Waals surface area contributed by atoms with E-state index in [1.165, 1.54) is 11.3 Å². The Bertz CT molecular complexity index is 681. The number of likely N-dealkylation sites (N-methyl/N-ethyl adjacent to an activating group) is 1. The van der Waals surface area contributed by atoms with E-state index in [0.29, 0.717) is 12.0 Å². The van der Waals surface area contributed by atoms with E-state index in [2.05, 4.69) is 34.7 Å². The van der Waals surface area contributed by atoms with Crippen molar-refractivity contribution in [1.29, 1.82) is 0 Å². The first kappa shape index (κ1) is 24.3. The third-order valence-corrected chi connectivity index (χ3v) is 6.65. The van der Waals surface area contributed by atoms with Crippen molar-refractivity contribution in [3.63, 3.8) is 0 Å². The summed E-state index contributed by atoms with van der Waals surface area (Å²) in [5, 5.41) is 7.06. The van der Waals surface area contributed by atoms with E-state index in [4.69, 9.17) is 4.74 Å². The normalized spacial score (nSPS) is 25.2. The summed E-state index contributed by atoms with van der Waals surface area (Å²) in [7, 11) is 3.51. The molecule has 3 unspecified atom stereocenters. The van der Waals surface area contributed by atoms with Gasteiger partial charge in [-0.3, -0.25) is 4.79 Å². The zero-order chi connectivity index (χ0) is 20.0. The van der Waals surface area contributed by atoms with Crippen LogP contribution < -0.4 is 10.6 Å². The van der Waals surface area contributed by atoms with Crippen LogP contribution >= 0.6 is 35.7 Å². The Kier molecular flexibility index (Phi) is 9.55. The van der Waals surface area contributed by atoms with Gasteiger partial charge in [-0.25, -0.2) is 4.99 Å². The minimum Gasteiger partial charge on any atom is -0.374 e. The van der Waals surface area contributed by atoms with E-state index in [1.54, 1.807) is 19.0 Å².